The van der Waals surface area contributed by atoms with Crippen molar-refractivity contribution in [3.05, 3.63) is 66.7 Å². The second-order valence-electron chi connectivity index (χ2n) is 5.03. The Morgan fingerprint density at radius 1 is 1.12 bits per heavy atom. The van der Waals surface area contributed by atoms with Crippen molar-refractivity contribution in [2.24, 2.45) is 0 Å². The lowest BCUT2D eigenvalue weighted by Crippen LogP contribution is -2.20. The third kappa shape index (κ3) is 4.12. The topological polar surface area (TPSA) is 60.2 Å². The molecule has 1 N–H and O–H groups in total. The average Bonchev–Trinajstić information content (AvgIpc) is 3.08. The number of benzene rings is 2. The molecule has 1 atom stereocenters. The van der Waals surface area contributed by atoms with E-state index < -0.39 is 11.9 Å². The quantitative estimate of drug-likeness (QED) is 0.667. The smallest absolute Gasteiger partial charge is 0.195 e. The van der Waals surface area contributed by atoms with Crippen LogP contribution in [0.15, 0.2) is 66.1 Å². The van der Waals surface area contributed by atoms with E-state index in [0.29, 0.717) is 10.9 Å². The lowest BCUT2D eigenvalue weighted by atomic mass is 10.3. The molecule has 0 amide bonds. The summed E-state index contributed by atoms with van der Waals surface area (Å²) in [5.41, 5.74) is 0.946. The van der Waals surface area contributed by atoms with Crippen LogP contribution in [0.4, 0.5) is 4.39 Å². The Labute approximate surface area is 143 Å². The average molecular weight is 345 g/mol. The molecule has 0 aliphatic heterocycles. The molecule has 0 bridgehead atoms. The number of hydrogen-bond acceptors (Lipinski definition) is 5. The van der Waals surface area contributed by atoms with Crippen LogP contribution in [0.2, 0.25) is 0 Å². The maximum absolute atomic E-state index is 13.5. The molecule has 0 saturated heterocycles. The van der Waals surface area contributed by atoms with Gasteiger partial charge in [-0.1, -0.05) is 42.1 Å². The number of aromatic nitrogens is 3. The first-order chi connectivity index (χ1) is 11.7. The minimum Gasteiger partial charge on any atom is -0.488 e. The van der Waals surface area contributed by atoms with Crippen LogP contribution >= 0.6 is 11.8 Å². The van der Waals surface area contributed by atoms with E-state index >= 15 is 0 Å². The third-order valence-corrected chi connectivity index (χ3v) is 4.31. The van der Waals surface area contributed by atoms with Gasteiger partial charge in [-0.2, -0.15) is 0 Å². The summed E-state index contributed by atoms with van der Waals surface area (Å²) in [6.07, 6.45) is 0.871. The van der Waals surface area contributed by atoms with Gasteiger partial charge in [-0.25, -0.2) is 4.39 Å². The number of aliphatic hydroxyl groups excluding tert-OH is 1. The monoisotopic (exact) mass is 345 g/mol. The van der Waals surface area contributed by atoms with Crippen LogP contribution in [0.25, 0.3) is 5.69 Å². The highest BCUT2D eigenvalue weighted by Crippen LogP contribution is 2.21. The Balaban J connectivity index is 1.55. The first kappa shape index (κ1) is 16.5. The number of hydrogen-bond donors (Lipinski definition) is 1. The van der Waals surface area contributed by atoms with E-state index in [-0.39, 0.29) is 12.4 Å². The summed E-state index contributed by atoms with van der Waals surface area (Å²) in [5, 5.41) is 18.7. The lowest BCUT2D eigenvalue weighted by Gasteiger charge is -2.12. The van der Waals surface area contributed by atoms with E-state index in [2.05, 4.69) is 10.2 Å². The van der Waals surface area contributed by atoms with Crippen molar-refractivity contribution in [3.8, 4) is 11.4 Å². The fourth-order valence-electron chi connectivity index (χ4n) is 2.06. The molecule has 1 aromatic heterocycles. The summed E-state index contributed by atoms with van der Waals surface area (Å²) in [7, 11) is 0. The van der Waals surface area contributed by atoms with Gasteiger partial charge in [0.25, 0.3) is 0 Å². The van der Waals surface area contributed by atoms with Crippen molar-refractivity contribution in [2.75, 3.05) is 12.4 Å². The first-order valence-electron chi connectivity index (χ1n) is 7.37. The largest absolute Gasteiger partial charge is 0.488 e. The van der Waals surface area contributed by atoms with Gasteiger partial charge in [0.2, 0.25) is 0 Å². The molecular formula is C17H16FN3O2S. The molecule has 0 aliphatic carbocycles. The second-order valence-corrected chi connectivity index (χ2v) is 6.01. The van der Waals surface area contributed by atoms with E-state index in [1.54, 1.807) is 18.5 Å². The molecule has 3 aromatic rings. The third-order valence-electron chi connectivity index (χ3n) is 3.22. The van der Waals surface area contributed by atoms with Gasteiger partial charge in [-0.15, -0.1) is 10.2 Å². The summed E-state index contributed by atoms with van der Waals surface area (Å²) in [6, 6.07) is 15.8. The van der Waals surface area contributed by atoms with Crippen LogP contribution < -0.4 is 4.74 Å². The van der Waals surface area contributed by atoms with Crippen LogP contribution in [0.5, 0.6) is 5.75 Å². The van der Waals surface area contributed by atoms with Crippen LogP contribution in [0, 0.1) is 5.82 Å². The highest BCUT2D eigenvalue weighted by molar-refractivity contribution is 7.99. The lowest BCUT2D eigenvalue weighted by molar-refractivity contribution is 0.123. The highest BCUT2D eigenvalue weighted by Gasteiger charge is 2.12. The Hall–Kier alpha value is -2.38. The van der Waals surface area contributed by atoms with Gasteiger partial charge >= 0.3 is 0 Å². The molecule has 1 heterocycles. The Morgan fingerprint density at radius 3 is 2.67 bits per heavy atom. The van der Waals surface area contributed by atoms with Gasteiger partial charge in [-0.3, -0.25) is 4.57 Å². The van der Waals surface area contributed by atoms with Gasteiger partial charge in [-0.05, 0) is 24.3 Å². The van der Waals surface area contributed by atoms with Crippen molar-refractivity contribution >= 4 is 11.8 Å². The van der Waals surface area contributed by atoms with E-state index in [9.17, 15) is 9.50 Å². The number of rotatable bonds is 7. The fraction of sp³-hybridized carbons (Fsp3) is 0.176. The first-order valence-corrected chi connectivity index (χ1v) is 8.36. The van der Waals surface area contributed by atoms with Crippen molar-refractivity contribution in [3.63, 3.8) is 0 Å². The minimum atomic E-state index is -0.754. The zero-order valence-corrected chi connectivity index (χ0v) is 13.6. The predicted octanol–water partition coefficient (Wildman–Crippen LogP) is 2.94. The van der Waals surface area contributed by atoms with E-state index in [0.717, 1.165) is 5.69 Å². The molecule has 0 radical (unpaired) electrons. The van der Waals surface area contributed by atoms with Crippen LogP contribution in [0.3, 0.4) is 0 Å². The predicted molar refractivity (Wildman–Crippen MR) is 90.0 cm³/mol. The SMILES string of the molecule is OC(COc1ccccc1F)CSc1nncn1-c1ccccc1. The number of thioether (sulfide) groups is 1. The number of halogens is 1. The summed E-state index contributed by atoms with van der Waals surface area (Å²) in [5.74, 6) is 0.0511. The standard InChI is InChI=1S/C17H16FN3O2S/c18-15-8-4-5-9-16(15)23-10-14(22)11-24-17-20-19-12-21(17)13-6-2-1-3-7-13/h1-9,12,14,22H,10-11H2. The van der Waals surface area contributed by atoms with Crippen molar-refractivity contribution in [2.45, 2.75) is 11.3 Å². The molecule has 3 rings (SSSR count). The van der Waals surface area contributed by atoms with Gasteiger partial charge in [0.15, 0.2) is 16.7 Å². The zero-order chi connectivity index (χ0) is 16.8. The summed E-state index contributed by atoms with van der Waals surface area (Å²) < 4.78 is 20.6. The van der Waals surface area contributed by atoms with Crippen LogP contribution in [-0.2, 0) is 0 Å². The van der Waals surface area contributed by atoms with E-state index in [4.69, 9.17) is 4.74 Å². The molecule has 124 valence electrons. The van der Waals surface area contributed by atoms with Crippen molar-refractivity contribution in [1.82, 2.24) is 14.8 Å². The molecule has 5 nitrogen and oxygen atoms in total. The maximum Gasteiger partial charge on any atom is 0.195 e. The zero-order valence-electron chi connectivity index (χ0n) is 12.7. The Kier molecular flexibility index (Phi) is 5.45. The molecule has 1 unspecified atom stereocenters. The summed E-state index contributed by atoms with van der Waals surface area (Å²) >= 11 is 1.36. The van der Waals surface area contributed by atoms with Crippen molar-refractivity contribution in [1.29, 1.82) is 0 Å². The molecule has 0 spiro atoms. The molecule has 0 saturated carbocycles. The van der Waals surface area contributed by atoms with Gasteiger partial charge in [0.1, 0.15) is 12.9 Å². The fourth-order valence-corrected chi connectivity index (χ4v) is 2.89. The van der Waals surface area contributed by atoms with Crippen LogP contribution in [-0.4, -0.2) is 38.3 Å². The molecule has 0 fully saturated rings. The van der Waals surface area contributed by atoms with Gasteiger partial charge in [0, 0.05) is 11.4 Å². The second kappa shape index (κ2) is 7.94. The van der Waals surface area contributed by atoms with E-state index in [1.807, 2.05) is 34.9 Å². The molecule has 7 heteroatoms. The van der Waals surface area contributed by atoms with Gasteiger partial charge in [0.05, 0.1) is 6.10 Å². The normalized spacial score (nSPS) is 12.1. The Morgan fingerprint density at radius 2 is 1.88 bits per heavy atom. The van der Waals surface area contributed by atoms with Gasteiger partial charge < -0.3 is 9.84 Å². The summed E-state index contributed by atoms with van der Waals surface area (Å²) in [6.45, 7) is 0.00735. The Bertz CT molecular complexity index is 782. The van der Waals surface area contributed by atoms with Crippen LogP contribution in [0.1, 0.15) is 0 Å². The molecule has 2 aromatic carbocycles. The maximum atomic E-state index is 13.5. The molecular weight excluding hydrogens is 329 g/mol. The minimum absolute atomic E-state index is 0.00735. The molecule has 0 aliphatic rings. The van der Waals surface area contributed by atoms with E-state index in [1.165, 1.54) is 23.9 Å². The number of aliphatic hydroxyl groups is 1. The van der Waals surface area contributed by atoms with Crippen molar-refractivity contribution < 1.29 is 14.2 Å². The number of nitrogens with zero attached hydrogens (tertiary/aromatic N) is 3. The summed E-state index contributed by atoms with van der Waals surface area (Å²) in [4.78, 5) is 0. The molecule has 24 heavy (non-hydrogen) atoms. The number of para-hydroxylation sites is 2. The number of ether oxygens (including phenoxy) is 1. The highest BCUT2D eigenvalue weighted by atomic mass is 32.2.